The zero-order chi connectivity index (χ0) is 21.8. The SMILES string of the molecule is COCCNC(=O)c1ccc(NC(=O)c2cc(C(C)C)nc3onc(C)c23)cc1Cl. The van der Waals surface area contributed by atoms with E-state index in [1.54, 1.807) is 32.2 Å². The van der Waals surface area contributed by atoms with E-state index in [9.17, 15) is 9.59 Å². The fourth-order valence-corrected chi connectivity index (χ4v) is 3.19. The number of pyridine rings is 1. The van der Waals surface area contributed by atoms with Crippen LogP contribution in [0.15, 0.2) is 28.8 Å². The number of nitrogens with one attached hydrogen (secondary N) is 2. The van der Waals surface area contributed by atoms with E-state index in [0.29, 0.717) is 46.8 Å². The summed E-state index contributed by atoms with van der Waals surface area (Å²) in [5.41, 5.74) is 2.83. The highest BCUT2D eigenvalue weighted by molar-refractivity contribution is 6.34. The number of benzene rings is 1. The molecule has 30 heavy (non-hydrogen) atoms. The molecule has 0 saturated carbocycles. The molecule has 1 aromatic carbocycles. The molecule has 3 aromatic rings. The number of nitrogens with zero attached hydrogens (tertiary/aromatic N) is 2. The summed E-state index contributed by atoms with van der Waals surface area (Å²) in [5.74, 6) is -0.548. The number of carbonyl (C=O) groups excluding carboxylic acids is 2. The van der Waals surface area contributed by atoms with Crippen LogP contribution in [0.4, 0.5) is 5.69 Å². The van der Waals surface area contributed by atoms with E-state index >= 15 is 0 Å². The van der Waals surface area contributed by atoms with Crippen LogP contribution >= 0.6 is 11.6 Å². The van der Waals surface area contributed by atoms with Crippen LogP contribution in [0.25, 0.3) is 11.1 Å². The van der Waals surface area contributed by atoms with Gasteiger partial charge in [0.2, 0.25) is 0 Å². The number of amides is 2. The summed E-state index contributed by atoms with van der Waals surface area (Å²) in [6, 6.07) is 6.46. The molecule has 0 unspecified atom stereocenters. The third-order valence-corrected chi connectivity index (χ3v) is 4.85. The number of ether oxygens (including phenoxy) is 1. The second kappa shape index (κ2) is 9.23. The number of aromatic nitrogens is 2. The number of anilines is 1. The number of methoxy groups -OCH3 is 1. The van der Waals surface area contributed by atoms with E-state index in [1.807, 2.05) is 13.8 Å². The molecule has 0 aliphatic heterocycles. The summed E-state index contributed by atoms with van der Waals surface area (Å²) in [6.07, 6.45) is 0. The number of hydrogen-bond donors (Lipinski definition) is 2. The number of carbonyl (C=O) groups is 2. The smallest absolute Gasteiger partial charge is 0.259 e. The van der Waals surface area contributed by atoms with Crippen LogP contribution in [0.1, 0.15) is 51.9 Å². The van der Waals surface area contributed by atoms with Crippen molar-refractivity contribution in [1.29, 1.82) is 0 Å². The lowest BCUT2D eigenvalue weighted by Crippen LogP contribution is -2.27. The van der Waals surface area contributed by atoms with Crippen LogP contribution in [-0.2, 0) is 4.74 Å². The van der Waals surface area contributed by atoms with Gasteiger partial charge >= 0.3 is 0 Å². The standard InChI is InChI=1S/C21H23ClN4O4/c1-11(2)17-10-15(18-12(3)26-30-21(18)25-17)20(28)24-13-5-6-14(16(22)9-13)19(27)23-7-8-29-4/h5-6,9-11H,7-8H2,1-4H3,(H,23,27)(H,24,28). The van der Waals surface area contributed by atoms with Gasteiger partial charge in [-0.15, -0.1) is 0 Å². The normalized spacial score (nSPS) is 11.1. The molecule has 2 aromatic heterocycles. The predicted molar refractivity (Wildman–Crippen MR) is 114 cm³/mol. The first-order valence-corrected chi connectivity index (χ1v) is 9.84. The van der Waals surface area contributed by atoms with Crippen LogP contribution in [-0.4, -0.2) is 42.2 Å². The van der Waals surface area contributed by atoms with Crippen molar-refractivity contribution < 1.29 is 18.8 Å². The highest BCUT2D eigenvalue weighted by Gasteiger charge is 2.20. The van der Waals surface area contributed by atoms with Gasteiger partial charge in [0.15, 0.2) is 0 Å². The largest absolute Gasteiger partial charge is 0.383 e. The Kier molecular flexibility index (Phi) is 6.69. The number of hydrogen-bond acceptors (Lipinski definition) is 6. The van der Waals surface area contributed by atoms with Crippen LogP contribution in [0.3, 0.4) is 0 Å². The molecule has 0 radical (unpaired) electrons. The lowest BCUT2D eigenvalue weighted by Gasteiger charge is -2.11. The molecule has 0 aliphatic rings. The van der Waals surface area contributed by atoms with Crippen molar-refractivity contribution in [2.75, 3.05) is 25.6 Å². The fraction of sp³-hybridized carbons (Fsp3) is 0.333. The second-order valence-electron chi connectivity index (χ2n) is 7.09. The van der Waals surface area contributed by atoms with Gasteiger partial charge in [0.1, 0.15) is 0 Å². The van der Waals surface area contributed by atoms with Crippen LogP contribution in [0, 0.1) is 6.92 Å². The van der Waals surface area contributed by atoms with E-state index in [2.05, 4.69) is 20.8 Å². The van der Waals surface area contributed by atoms with Gasteiger partial charge in [-0.05, 0) is 37.1 Å². The lowest BCUT2D eigenvalue weighted by atomic mass is 10.0. The molecule has 0 spiro atoms. The highest BCUT2D eigenvalue weighted by atomic mass is 35.5. The molecule has 0 fully saturated rings. The first-order valence-electron chi connectivity index (χ1n) is 9.46. The minimum Gasteiger partial charge on any atom is -0.383 e. The number of rotatable bonds is 7. The molecule has 0 aliphatic carbocycles. The fourth-order valence-electron chi connectivity index (χ4n) is 2.93. The maximum atomic E-state index is 13.0. The third kappa shape index (κ3) is 4.60. The molecule has 9 heteroatoms. The van der Waals surface area contributed by atoms with Gasteiger partial charge in [-0.2, -0.15) is 0 Å². The van der Waals surface area contributed by atoms with Crippen molar-refractivity contribution in [3.05, 3.63) is 51.8 Å². The molecule has 158 valence electrons. The predicted octanol–water partition coefficient (Wildman–Crippen LogP) is 3.94. The highest BCUT2D eigenvalue weighted by Crippen LogP contribution is 2.27. The Morgan fingerprint density at radius 1 is 1.20 bits per heavy atom. The molecule has 0 saturated heterocycles. The van der Waals surface area contributed by atoms with E-state index in [0.717, 1.165) is 5.69 Å². The first-order chi connectivity index (χ1) is 14.3. The molecule has 3 rings (SSSR count). The van der Waals surface area contributed by atoms with Crippen molar-refractivity contribution in [1.82, 2.24) is 15.5 Å². The Balaban J connectivity index is 1.85. The first kappa shape index (κ1) is 21.7. The van der Waals surface area contributed by atoms with Crippen molar-refractivity contribution >= 4 is 40.2 Å². The molecule has 2 amide bonds. The summed E-state index contributed by atoms with van der Waals surface area (Å²) in [4.78, 5) is 29.6. The minimum atomic E-state index is -0.344. The molecule has 2 N–H and O–H groups in total. The number of halogens is 1. The van der Waals surface area contributed by atoms with E-state index in [4.69, 9.17) is 20.9 Å². The Morgan fingerprint density at radius 2 is 1.97 bits per heavy atom. The topological polar surface area (TPSA) is 106 Å². The summed E-state index contributed by atoms with van der Waals surface area (Å²) in [7, 11) is 1.55. The quantitative estimate of drug-likeness (QED) is 0.550. The average molecular weight is 431 g/mol. The zero-order valence-electron chi connectivity index (χ0n) is 17.2. The van der Waals surface area contributed by atoms with Gasteiger partial charge in [0.25, 0.3) is 17.5 Å². The zero-order valence-corrected chi connectivity index (χ0v) is 18.0. The maximum Gasteiger partial charge on any atom is 0.259 e. The third-order valence-electron chi connectivity index (χ3n) is 4.54. The molecule has 0 atom stereocenters. The van der Waals surface area contributed by atoms with E-state index in [-0.39, 0.29) is 22.8 Å². The van der Waals surface area contributed by atoms with Crippen molar-refractivity contribution in [3.63, 3.8) is 0 Å². The van der Waals surface area contributed by atoms with Gasteiger partial charge in [-0.3, -0.25) is 9.59 Å². The van der Waals surface area contributed by atoms with Crippen LogP contribution in [0.2, 0.25) is 5.02 Å². The number of aryl methyl sites for hydroxylation is 1. The molecular weight excluding hydrogens is 408 g/mol. The van der Waals surface area contributed by atoms with Crippen molar-refractivity contribution in [2.45, 2.75) is 26.7 Å². The van der Waals surface area contributed by atoms with Crippen LogP contribution in [0.5, 0.6) is 0 Å². The van der Waals surface area contributed by atoms with Gasteiger partial charge in [-0.1, -0.05) is 30.6 Å². The van der Waals surface area contributed by atoms with E-state index in [1.165, 1.54) is 6.07 Å². The summed E-state index contributed by atoms with van der Waals surface area (Å²) < 4.78 is 10.2. The van der Waals surface area contributed by atoms with Gasteiger partial charge in [0.05, 0.1) is 33.8 Å². The summed E-state index contributed by atoms with van der Waals surface area (Å²) in [6.45, 7) is 6.49. The molecule has 0 bridgehead atoms. The summed E-state index contributed by atoms with van der Waals surface area (Å²) in [5, 5.41) is 10.3. The Bertz CT molecular complexity index is 1090. The average Bonchev–Trinajstić information content (AvgIpc) is 3.08. The summed E-state index contributed by atoms with van der Waals surface area (Å²) >= 11 is 6.26. The second-order valence-corrected chi connectivity index (χ2v) is 7.50. The van der Waals surface area contributed by atoms with Crippen LogP contribution < -0.4 is 10.6 Å². The Hall–Kier alpha value is -2.97. The maximum absolute atomic E-state index is 13.0. The van der Waals surface area contributed by atoms with Gasteiger partial charge in [0, 0.05) is 25.0 Å². The van der Waals surface area contributed by atoms with E-state index < -0.39 is 0 Å². The lowest BCUT2D eigenvalue weighted by molar-refractivity contribution is 0.0937. The minimum absolute atomic E-state index is 0.108. The Morgan fingerprint density at radius 3 is 2.63 bits per heavy atom. The monoisotopic (exact) mass is 430 g/mol. The van der Waals surface area contributed by atoms with Crippen molar-refractivity contribution in [2.24, 2.45) is 0 Å². The van der Waals surface area contributed by atoms with Gasteiger partial charge in [-0.25, -0.2) is 4.98 Å². The molecule has 2 heterocycles. The molecule has 8 nitrogen and oxygen atoms in total. The van der Waals surface area contributed by atoms with Crippen molar-refractivity contribution in [3.8, 4) is 0 Å². The molecular formula is C21H23ClN4O4. The number of fused-ring (bicyclic) bond motifs is 1. The Labute approximate surface area is 178 Å². The van der Waals surface area contributed by atoms with Gasteiger partial charge < -0.3 is 19.9 Å².